The molecule has 0 amide bonds. The number of terminal acetylenes is 1. The third-order valence-corrected chi connectivity index (χ3v) is 2.08. The molecule has 0 bridgehead atoms. The first kappa shape index (κ1) is 10.8. The summed E-state index contributed by atoms with van der Waals surface area (Å²) in [6, 6.07) is 9.57. The number of aliphatic hydroxyl groups excluding tert-OH is 1. The smallest absolute Gasteiger partial charge is 0.151 e. The molecule has 0 saturated carbocycles. The van der Waals surface area contributed by atoms with E-state index in [1.807, 2.05) is 37.3 Å². The number of hydrogen-bond acceptors (Lipinski definition) is 2. The van der Waals surface area contributed by atoms with E-state index in [4.69, 9.17) is 16.3 Å². The van der Waals surface area contributed by atoms with Crippen molar-refractivity contribution in [3.05, 3.63) is 35.9 Å². The maximum absolute atomic E-state index is 8.68. The minimum Gasteiger partial charge on any atom is -0.394 e. The Balaban J connectivity index is 2.86. The predicted octanol–water partition coefficient (Wildman–Crippen LogP) is 1.54. The van der Waals surface area contributed by atoms with Crippen LogP contribution in [0.3, 0.4) is 0 Å². The lowest BCUT2D eigenvalue weighted by molar-refractivity contribution is -0.00912. The maximum Gasteiger partial charge on any atom is 0.151 e. The van der Waals surface area contributed by atoms with Gasteiger partial charge in [-0.15, -0.1) is 6.42 Å². The molecule has 0 radical (unpaired) electrons. The average molecular weight is 190 g/mol. The zero-order valence-corrected chi connectivity index (χ0v) is 8.23. The van der Waals surface area contributed by atoms with Crippen molar-refractivity contribution in [2.45, 2.75) is 12.5 Å². The van der Waals surface area contributed by atoms with E-state index in [1.165, 1.54) is 0 Å². The van der Waals surface area contributed by atoms with E-state index < -0.39 is 5.60 Å². The van der Waals surface area contributed by atoms with Crippen molar-refractivity contribution in [1.29, 1.82) is 0 Å². The van der Waals surface area contributed by atoms with Crippen LogP contribution in [0, 0.1) is 12.3 Å². The third-order valence-electron chi connectivity index (χ3n) is 2.08. The second-order valence-corrected chi connectivity index (χ2v) is 3.12. The Morgan fingerprint density at radius 3 is 2.57 bits per heavy atom. The molecule has 0 aromatic heterocycles. The summed E-state index contributed by atoms with van der Waals surface area (Å²) in [5.41, 5.74) is 0.181. The zero-order valence-electron chi connectivity index (χ0n) is 8.23. The van der Waals surface area contributed by atoms with Gasteiger partial charge in [0.1, 0.15) is 0 Å². The fourth-order valence-electron chi connectivity index (χ4n) is 1.21. The molecular weight excluding hydrogens is 176 g/mol. The van der Waals surface area contributed by atoms with Crippen molar-refractivity contribution < 1.29 is 9.84 Å². The minimum atomic E-state index is -0.746. The van der Waals surface area contributed by atoms with E-state index in [-0.39, 0.29) is 13.2 Å². The van der Waals surface area contributed by atoms with Crippen LogP contribution in [0.25, 0.3) is 0 Å². The highest BCUT2D eigenvalue weighted by atomic mass is 16.5. The van der Waals surface area contributed by atoms with E-state index in [9.17, 15) is 0 Å². The Hall–Kier alpha value is -1.30. The summed E-state index contributed by atoms with van der Waals surface area (Å²) < 4.78 is 5.43. The monoisotopic (exact) mass is 190 g/mol. The van der Waals surface area contributed by atoms with Crippen LogP contribution in [0.15, 0.2) is 30.3 Å². The Morgan fingerprint density at radius 1 is 1.43 bits per heavy atom. The number of ether oxygens (including phenoxy) is 1. The molecule has 1 rings (SSSR count). The molecule has 2 nitrogen and oxygen atoms in total. The summed E-state index contributed by atoms with van der Waals surface area (Å²) in [6.45, 7) is 2.04. The van der Waals surface area contributed by atoms with Crippen molar-refractivity contribution >= 4 is 0 Å². The summed E-state index contributed by atoms with van der Waals surface area (Å²) in [4.78, 5) is 0. The second kappa shape index (κ2) is 4.80. The molecular formula is C12H14O2. The topological polar surface area (TPSA) is 29.5 Å². The molecule has 1 N–H and O–H groups in total. The van der Waals surface area contributed by atoms with Crippen molar-refractivity contribution in [1.82, 2.24) is 0 Å². The van der Waals surface area contributed by atoms with E-state index in [2.05, 4.69) is 5.92 Å². The highest BCUT2D eigenvalue weighted by Crippen LogP contribution is 2.23. The third kappa shape index (κ3) is 2.35. The largest absolute Gasteiger partial charge is 0.394 e. The summed E-state index contributed by atoms with van der Waals surface area (Å²) in [6.07, 6.45) is 5.42. The van der Waals surface area contributed by atoms with Gasteiger partial charge in [0.15, 0.2) is 5.60 Å². The molecule has 0 fully saturated rings. The summed E-state index contributed by atoms with van der Waals surface area (Å²) in [5, 5.41) is 8.68. The van der Waals surface area contributed by atoms with Crippen LogP contribution in [-0.4, -0.2) is 18.3 Å². The number of hydrogen-bond donors (Lipinski definition) is 1. The SMILES string of the molecule is C#C[C@@](C)(OCCO)c1ccccc1. The molecule has 0 heterocycles. The molecule has 0 saturated heterocycles. The Morgan fingerprint density at radius 2 is 2.07 bits per heavy atom. The first-order valence-corrected chi connectivity index (χ1v) is 4.51. The van der Waals surface area contributed by atoms with Crippen molar-refractivity contribution in [3.63, 3.8) is 0 Å². The van der Waals surface area contributed by atoms with Gasteiger partial charge in [0.05, 0.1) is 13.2 Å². The number of benzene rings is 1. The van der Waals surface area contributed by atoms with Gasteiger partial charge in [-0.25, -0.2) is 0 Å². The molecule has 74 valence electrons. The van der Waals surface area contributed by atoms with Crippen LogP contribution >= 0.6 is 0 Å². The summed E-state index contributed by atoms with van der Waals surface area (Å²) in [5.74, 6) is 2.60. The van der Waals surface area contributed by atoms with Crippen LogP contribution in [0.5, 0.6) is 0 Å². The Kier molecular flexibility index (Phi) is 3.70. The molecule has 0 unspecified atom stereocenters. The van der Waals surface area contributed by atoms with E-state index in [0.29, 0.717) is 0 Å². The molecule has 1 aromatic carbocycles. The lowest BCUT2D eigenvalue weighted by Gasteiger charge is -2.24. The van der Waals surface area contributed by atoms with Gasteiger partial charge in [-0.2, -0.15) is 0 Å². The summed E-state index contributed by atoms with van der Waals surface area (Å²) >= 11 is 0. The molecule has 2 heteroatoms. The van der Waals surface area contributed by atoms with Crippen LogP contribution in [0.1, 0.15) is 12.5 Å². The second-order valence-electron chi connectivity index (χ2n) is 3.12. The van der Waals surface area contributed by atoms with Crippen LogP contribution < -0.4 is 0 Å². The Bertz CT molecular complexity index is 313. The maximum atomic E-state index is 8.68. The normalized spacial score (nSPS) is 14.4. The molecule has 0 aliphatic heterocycles. The minimum absolute atomic E-state index is 0.0237. The fraction of sp³-hybridized carbons (Fsp3) is 0.333. The van der Waals surface area contributed by atoms with Gasteiger partial charge in [-0.1, -0.05) is 36.3 Å². The van der Waals surface area contributed by atoms with Gasteiger partial charge in [0.25, 0.3) is 0 Å². The number of rotatable bonds is 4. The first-order valence-electron chi connectivity index (χ1n) is 4.51. The van der Waals surface area contributed by atoms with Gasteiger partial charge in [0.2, 0.25) is 0 Å². The highest BCUT2D eigenvalue weighted by Gasteiger charge is 2.23. The van der Waals surface area contributed by atoms with E-state index in [1.54, 1.807) is 0 Å². The number of aliphatic hydroxyl groups is 1. The Labute approximate surface area is 84.5 Å². The van der Waals surface area contributed by atoms with Gasteiger partial charge in [0, 0.05) is 0 Å². The van der Waals surface area contributed by atoms with Crippen molar-refractivity contribution in [2.24, 2.45) is 0 Å². The fourth-order valence-corrected chi connectivity index (χ4v) is 1.21. The average Bonchev–Trinajstić information content (AvgIpc) is 2.27. The van der Waals surface area contributed by atoms with Crippen molar-refractivity contribution in [2.75, 3.05) is 13.2 Å². The van der Waals surface area contributed by atoms with Crippen molar-refractivity contribution in [3.8, 4) is 12.3 Å². The van der Waals surface area contributed by atoms with Crippen LogP contribution in [0.2, 0.25) is 0 Å². The van der Waals surface area contributed by atoms with E-state index >= 15 is 0 Å². The predicted molar refractivity (Wildman–Crippen MR) is 55.7 cm³/mol. The van der Waals surface area contributed by atoms with Crippen LogP contribution in [0.4, 0.5) is 0 Å². The molecule has 14 heavy (non-hydrogen) atoms. The lowest BCUT2D eigenvalue weighted by Crippen LogP contribution is -2.25. The first-order chi connectivity index (χ1) is 6.73. The van der Waals surface area contributed by atoms with Gasteiger partial charge in [-0.3, -0.25) is 0 Å². The highest BCUT2D eigenvalue weighted by molar-refractivity contribution is 5.29. The van der Waals surface area contributed by atoms with E-state index in [0.717, 1.165) is 5.56 Å². The van der Waals surface area contributed by atoms with Crippen LogP contribution in [-0.2, 0) is 10.3 Å². The molecule has 0 aliphatic carbocycles. The molecule has 0 aliphatic rings. The van der Waals surface area contributed by atoms with Gasteiger partial charge < -0.3 is 9.84 Å². The quantitative estimate of drug-likeness (QED) is 0.730. The van der Waals surface area contributed by atoms with Gasteiger partial charge >= 0.3 is 0 Å². The summed E-state index contributed by atoms with van der Waals surface area (Å²) in [7, 11) is 0. The standard InChI is InChI=1S/C12H14O2/c1-3-12(2,14-10-9-13)11-7-5-4-6-8-11/h1,4-8,13H,9-10H2,2H3/t12-/m1/s1. The van der Waals surface area contributed by atoms with Gasteiger partial charge in [-0.05, 0) is 12.5 Å². The zero-order chi connectivity index (χ0) is 10.4. The lowest BCUT2D eigenvalue weighted by atomic mass is 9.97. The molecule has 1 atom stereocenters. The molecule has 1 aromatic rings. The molecule has 0 spiro atoms.